The Kier molecular flexibility index (Phi) is 5.32. The molecule has 2 amide bonds. The van der Waals surface area contributed by atoms with Crippen LogP contribution < -0.4 is 0 Å². The number of rotatable bonds is 5. The molecule has 1 aromatic rings. The lowest BCUT2D eigenvalue weighted by molar-refractivity contribution is -0.150. The van der Waals surface area contributed by atoms with Crippen LogP contribution in [0.4, 0.5) is 4.79 Å². The topological polar surface area (TPSA) is 76.6 Å². The van der Waals surface area contributed by atoms with Crippen LogP contribution >= 0.6 is 11.8 Å². The summed E-state index contributed by atoms with van der Waals surface area (Å²) in [5, 5.41) is -0.466. The van der Waals surface area contributed by atoms with Crippen molar-refractivity contribution in [3.05, 3.63) is 35.0 Å². The molecule has 2 heterocycles. The summed E-state index contributed by atoms with van der Waals surface area (Å²) < 4.78 is 5.09. The molecule has 2 rings (SSSR count). The summed E-state index contributed by atoms with van der Waals surface area (Å²) in [4.78, 5) is 40.9. The fraction of sp³-hybridized carbons (Fsp3) is 0.333. The zero-order valence-electron chi connectivity index (χ0n) is 12.3. The molecule has 7 heteroatoms. The molecule has 0 spiro atoms. The van der Waals surface area contributed by atoms with E-state index < -0.39 is 17.1 Å². The van der Waals surface area contributed by atoms with E-state index in [0.717, 1.165) is 22.2 Å². The molecule has 1 atom stereocenters. The van der Waals surface area contributed by atoms with E-state index in [1.165, 1.54) is 0 Å². The molecule has 1 saturated heterocycles. The van der Waals surface area contributed by atoms with Crippen molar-refractivity contribution < 1.29 is 19.1 Å². The van der Waals surface area contributed by atoms with Crippen LogP contribution in [0.25, 0.3) is 6.08 Å². The van der Waals surface area contributed by atoms with E-state index in [1.54, 1.807) is 37.5 Å². The third-order valence-corrected chi connectivity index (χ3v) is 3.98. The predicted octanol–water partition coefficient (Wildman–Crippen LogP) is 2.46. The highest BCUT2D eigenvalue weighted by Crippen LogP contribution is 2.31. The first-order valence-electron chi connectivity index (χ1n) is 6.86. The molecule has 1 aromatic heterocycles. The Bertz CT molecular complexity index is 615. The third kappa shape index (κ3) is 3.94. The Morgan fingerprint density at radius 2 is 2.09 bits per heavy atom. The van der Waals surface area contributed by atoms with Gasteiger partial charge in [0.1, 0.15) is 6.54 Å². The zero-order chi connectivity index (χ0) is 16.1. The van der Waals surface area contributed by atoms with Crippen molar-refractivity contribution in [1.29, 1.82) is 0 Å². The highest BCUT2D eigenvalue weighted by atomic mass is 32.2. The molecular weight excluding hydrogens is 304 g/mol. The Morgan fingerprint density at radius 3 is 2.73 bits per heavy atom. The van der Waals surface area contributed by atoms with Crippen LogP contribution in [0.2, 0.25) is 0 Å². The number of hydrogen-bond donors (Lipinski definition) is 0. The Morgan fingerprint density at radius 1 is 1.41 bits per heavy atom. The second kappa shape index (κ2) is 7.22. The first-order valence-corrected chi connectivity index (χ1v) is 7.67. The molecule has 0 unspecified atom stereocenters. The van der Waals surface area contributed by atoms with Gasteiger partial charge in [0.15, 0.2) is 0 Å². The lowest BCUT2D eigenvalue weighted by Crippen LogP contribution is -2.35. The number of thioether (sulfide) groups is 1. The van der Waals surface area contributed by atoms with E-state index in [9.17, 15) is 14.4 Å². The van der Waals surface area contributed by atoms with E-state index in [-0.39, 0.29) is 17.6 Å². The number of pyridine rings is 1. The molecule has 1 aliphatic heterocycles. The van der Waals surface area contributed by atoms with Crippen molar-refractivity contribution in [3.63, 3.8) is 0 Å². The monoisotopic (exact) mass is 320 g/mol. The van der Waals surface area contributed by atoms with Gasteiger partial charge in [-0.1, -0.05) is 6.92 Å². The average Bonchev–Trinajstić information content (AvgIpc) is 2.75. The minimum absolute atomic E-state index is 0.236. The van der Waals surface area contributed by atoms with Gasteiger partial charge in [0.05, 0.1) is 11.0 Å². The van der Waals surface area contributed by atoms with Gasteiger partial charge in [-0.15, -0.1) is 0 Å². The van der Waals surface area contributed by atoms with Gasteiger partial charge < -0.3 is 4.74 Å². The van der Waals surface area contributed by atoms with Gasteiger partial charge in [0.25, 0.3) is 11.1 Å². The molecule has 22 heavy (non-hydrogen) atoms. The van der Waals surface area contributed by atoms with Gasteiger partial charge in [0.2, 0.25) is 0 Å². The standard InChI is InChI=1S/C15H16N2O4S/c1-3-10(2)21-13(18)9-17-14(19)12(22-15(17)20)8-11-4-6-16-7-5-11/h4-8,10H,3,9H2,1-2H3/b12-8+/t10-/m0/s1. The third-order valence-electron chi connectivity index (χ3n) is 3.07. The first-order chi connectivity index (χ1) is 10.5. The number of aromatic nitrogens is 1. The lowest BCUT2D eigenvalue weighted by atomic mass is 10.2. The van der Waals surface area contributed by atoms with Crippen LogP contribution in [0.3, 0.4) is 0 Å². The van der Waals surface area contributed by atoms with Crippen molar-refractivity contribution >= 4 is 35.0 Å². The largest absolute Gasteiger partial charge is 0.461 e. The summed E-state index contributed by atoms with van der Waals surface area (Å²) in [5.41, 5.74) is 0.766. The Balaban J connectivity index is 2.06. The van der Waals surface area contributed by atoms with Gasteiger partial charge in [-0.3, -0.25) is 24.3 Å². The quantitative estimate of drug-likeness (QED) is 0.613. The fourth-order valence-corrected chi connectivity index (χ4v) is 2.56. The van der Waals surface area contributed by atoms with Crippen molar-refractivity contribution in [2.75, 3.05) is 6.54 Å². The van der Waals surface area contributed by atoms with Crippen molar-refractivity contribution in [2.45, 2.75) is 26.4 Å². The fourth-order valence-electron chi connectivity index (χ4n) is 1.72. The van der Waals surface area contributed by atoms with Crippen LogP contribution in [0.1, 0.15) is 25.8 Å². The van der Waals surface area contributed by atoms with Gasteiger partial charge in [-0.25, -0.2) is 0 Å². The molecule has 0 aromatic carbocycles. The highest BCUT2D eigenvalue weighted by molar-refractivity contribution is 8.18. The minimum Gasteiger partial charge on any atom is -0.461 e. The van der Waals surface area contributed by atoms with Gasteiger partial charge in [-0.2, -0.15) is 0 Å². The van der Waals surface area contributed by atoms with Crippen LogP contribution in [0.5, 0.6) is 0 Å². The van der Waals surface area contributed by atoms with Crippen molar-refractivity contribution in [2.24, 2.45) is 0 Å². The molecule has 0 bridgehead atoms. The maximum atomic E-state index is 12.2. The van der Waals surface area contributed by atoms with Crippen LogP contribution in [0, 0.1) is 0 Å². The molecule has 0 saturated carbocycles. The maximum absolute atomic E-state index is 12.2. The van der Waals surface area contributed by atoms with E-state index in [1.807, 2.05) is 6.92 Å². The van der Waals surface area contributed by atoms with Gasteiger partial charge in [0, 0.05) is 12.4 Å². The number of hydrogen-bond acceptors (Lipinski definition) is 6. The summed E-state index contributed by atoms with van der Waals surface area (Å²) in [5.74, 6) is -1.06. The number of amides is 2. The number of nitrogens with zero attached hydrogens (tertiary/aromatic N) is 2. The molecule has 0 radical (unpaired) electrons. The molecule has 6 nitrogen and oxygen atoms in total. The Labute approximate surface area is 132 Å². The van der Waals surface area contributed by atoms with Crippen molar-refractivity contribution in [1.82, 2.24) is 9.88 Å². The Hall–Kier alpha value is -2.15. The maximum Gasteiger partial charge on any atom is 0.326 e. The van der Waals surface area contributed by atoms with Gasteiger partial charge in [-0.05, 0) is 48.9 Å². The highest BCUT2D eigenvalue weighted by Gasteiger charge is 2.36. The molecule has 116 valence electrons. The van der Waals surface area contributed by atoms with E-state index in [4.69, 9.17) is 4.74 Å². The molecule has 0 N–H and O–H groups in total. The van der Waals surface area contributed by atoms with Gasteiger partial charge >= 0.3 is 5.97 Å². The second-order valence-electron chi connectivity index (χ2n) is 4.76. The molecule has 1 fully saturated rings. The number of imide groups is 1. The van der Waals surface area contributed by atoms with E-state index >= 15 is 0 Å². The van der Waals surface area contributed by atoms with E-state index in [0.29, 0.717) is 6.42 Å². The average molecular weight is 320 g/mol. The summed E-state index contributed by atoms with van der Waals surface area (Å²) >= 11 is 0.814. The smallest absolute Gasteiger partial charge is 0.326 e. The predicted molar refractivity (Wildman–Crippen MR) is 82.8 cm³/mol. The SMILES string of the molecule is CC[C@H](C)OC(=O)CN1C(=O)S/C(=C/c2ccncc2)C1=O. The number of carbonyl (C=O) groups is 3. The number of esters is 1. The molecule has 0 aliphatic carbocycles. The summed E-state index contributed by atoms with van der Waals surface area (Å²) in [6.07, 6.45) is 5.24. The normalized spacial score (nSPS) is 17.9. The second-order valence-corrected chi connectivity index (χ2v) is 5.75. The number of carbonyl (C=O) groups excluding carboxylic acids is 3. The summed E-state index contributed by atoms with van der Waals surface area (Å²) in [6.45, 7) is 3.28. The van der Waals surface area contributed by atoms with Crippen LogP contribution in [0.15, 0.2) is 29.4 Å². The molecule has 1 aliphatic rings. The number of ether oxygens (including phenoxy) is 1. The zero-order valence-corrected chi connectivity index (χ0v) is 13.1. The summed E-state index contributed by atoms with van der Waals surface area (Å²) in [7, 11) is 0. The minimum atomic E-state index is -0.582. The van der Waals surface area contributed by atoms with E-state index in [2.05, 4.69) is 4.98 Å². The summed E-state index contributed by atoms with van der Waals surface area (Å²) in [6, 6.07) is 3.45. The lowest BCUT2D eigenvalue weighted by Gasteiger charge is -2.14. The molecular formula is C15H16N2O4S. The van der Waals surface area contributed by atoms with Crippen LogP contribution in [-0.4, -0.2) is 39.6 Å². The first kappa shape index (κ1) is 16.2. The van der Waals surface area contributed by atoms with Crippen LogP contribution in [-0.2, 0) is 14.3 Å². The van der Waals surface area contributed by atoms with Crippen molar-refractivity contribution in [3.8, 4) is 0 Å².